The average Bonchev–Trinajstić information content (AvgIpc) is 2.38. The van der Waals surface area contributed by atoms with E-state index in [9.17, 15) is 0 Å². The van der Waals surface area contributed by atoms with Crippen LogP contribution in [0, 0.1) is 12.8 Å². The Balaban J connectivity index is 1.87. The van der Waals surface area contributed by atoms with Crippen LogP contribution in [0.1, 0.15) is 30.9 Å². The first kappa shape index (κ1) is 12.4. The van der Waals surface area contributed by atoms with E-state index in [-0.39, 0.29) is 0 Å². The second-order valence-electron chi connectivity index (χ2n) is 5.07. The van der Waals surface area contributed by atoms with Crippen LogP contribution < -0.4 is 10.6 Å². The lowest BCUT2D eigenvalue weighted by molar-refractivity contribution is 0.390. The minimum absolute atomic E-state index is 0.836. The van der Waals surface area contributed by atoms with Gasteiger partial charge in [0.2, 0.25) is 0 Å². The number of hydrogen-bond acceptors (Lipinski definition) is 2. The summed E-state index contributed by atoms with van der Waals surface area (Å²) < 4.78 is 0. The summed E-state index contributed by atoms with van der Waals surface area (Å²) in [6.45, 7) is 7.89. The highest BCUT2D eigenvalue weighted by molar-refractivity contribution is 5.48. The molecule has 1 heterocycles. The predicted octanol–water partition coefficient (Wildman–Crippen LogP) is 2.97. The first-order chi connectivity index (χ1) is 8.29. The molecule has 1 aromatic carbocycles. The van der Waals surface area contributed by atoms with Crippen molar-refractivity contribution in [1.29, 1.82) is 0 Å². The topological polar surface area (TPSA) is 24.1 Å². The minimum atomic E-state index is 0.836. The van der Waals surface area contributed by atoms with Gasteiger partial charge in [0.05, 0.1) is 0 Å². The van der Waals surface area contributed by atoms with Crippen LogP contribution in [0.3, 0.4) is 0 Å². The van der Waals surface area contributed by atoms with E-state index in [2.05, 4.69) is 42.7 Å². The lowest BCUT2D eigenvalue weighted by Crippen LogP contribution is -2.31. The van der Waals surface area contributed by atoms with E-state index in [4.69, 9.17) is 0 Å². The van der Waals surface area contributed by atoms with Gasteiger partial charge in [-0.2, -0.15) is 0 Å². The zero-order valence-corrected chi connectivity index (χ0v) is 11.1. The van der Waals surface area contributed by atoms with Crippen LogP contribution in [-0.4, -0.2) is 19.6 Å². The Morgan fingerprint density at radius 2 is 2.06 bits per heavy atom. The molecule has 1 aliphatic heterocycles. The summed E-state index contributed by atoms with van der Waals surface area (Å²) in [6.07, 6.45) is 3.73. The molecule has 0 saturated carbocycles. The number of nitrogens with one attached hydrogen (secondary N) is 2. The summed E-state index contributed by atoms with van der Waals surface area (Å²) in [7, 11) is 0. The molecule has 2 N–H and O–H groups in total. The van der Waals surface area contributed by atoms with E-state index < -0.39 is 0 Å². The highest BCUT2D eigenvalue weighted by Gasteiger charge is 2.12. The van der Waals surface area contributed by atoms with Crippen LogP contribution in [0.4, 0.5) is 5.69 Å². The zero-order chi connectivity index (χ0) is 12.1. The summed E-state index contributed by atoms with van der Waals surface area (Å²) >= 11 is 0. The standard InChI is InChI=1S/C15H24N2/c1-3-14-4-5-15(10-12(14)2)17-11-13-6-8-16-9-7-13/h4-5,10,13,16-17H,3,6-9,11H2,1-2H3. The predicted molar refractivity (Wildman–Crippen MR) is 74.6 cm³/mol. The number of hydrogen-bond donors (Lipinski definition) is 2. The van der Waals surface area contributed by atoms with Crippen LogP contribution in [0.2, 0.25) is 0 Å². The van der Waals surface area contributed by atoms with Gasteiger partial charge in [-0.1, -0.05) is 13.0 Å². The molecule has 0 aliphatic carbocycles. The van der Waals surface area contributed by atoms with Gasteiger partial charge in [-0.05, 0) is 68.5 Å². The van der Waals surface area contributed by atoms with Crippen molar-refractivity contribution >= 4 is 5.69 Å². The Morgan fingerprint density at radius 1 is 1.29 bits per heavy atom. The molecule has 17 heavy (non-hydrogen) atoms. The molecule has 2 nitrogen and oxygen atoms in total. The molecule has 1 aromatic rings. The maximum absolute atomic E-state index is 3.58. The summed E-state index contributed by atoms with van der Waals surface area (Å²) in [5, 5.41) is 6.99. The average molecular weight is 232 g/mol. The largest absolute Gasteiger partial charge is 0.385 e. The van der Waals surface area contributed by atoms with E-state index in [1.54, 1.807) is 0 Å². The fraction of sp³-hybridized carbons (Fsp3) is 0.600. The maximum Gasteiger partial charge on any atom is 0.0343 e. The van der Waals surface area contributed by atoms with Crippen molar-refractivity contribution < 1.29 is 0 Å². The van der Waals surface area contributed by atoms with Crippen LogP contribution in [0.5, 0.6) is 0 Å². The molecule has 0 bridgehead atoms. The summed E-state index contributed by atoms with van der Waals surface area (Å²) in [4.78, 5) is 0. The van der Waals surface area contributed by atoms with Gasteiger partial charge in [-0.15, -0.1) is 0 Å². The lowest BCUT2D eigenvalue weighted by atomic mass is 9.98. The molecule has 0 amide bonds. The van der Waals surface area contributed by atoms with Crippen molar-refractivity contribution in [3.63, 3.8) is 0 Å². The van der Waals surface area contributed by atoms with Gasteiger partial charge in [0.1, 0.15) is 0 Å². The van der Waals surface area contributed by atoms with Crippen molar-refractivity contribution in [3.8, 4) is 0 Å². The molecular weight excluding hydrogens is 208 g/mol. The maximum atomic E-state index is 3.58. The number of anilines is 1. The van der Waals surface area contributed by atoms with Gasteiger partial charge in [0.15, 0.2) is 0 Å². The van der Waals surface area contributed by atoms with Gasteiger partial charge < -0.3 is 10.6 Å². The minimum Gasteiger partial charge on any atom is -0.385 e. The monoisotopic (exact) mass is 232 g/mol. The molecule has 2 rings (SSSR count). The fourth-order valence-electron chi connectivity index (χ4n) is 2.55. The van der Waals surface area contributed by atoms with E-state index in [1.807, 2.05) is 0 Å². The van der Waals surface area contributed by atoms with Crippen LogP contribution in [0.15, 0.2) is 18.2 Å². The molecule has 0 radical (unpaired) electrons. The van der Waals surface area contributed by atoms with Crippen LogP contribution in [0.25, 0.3) is 0 Å². The molecule has 2 heteroatoms. The highest BCUT2D eigenvalue weighted by atomic mass is 14.9. The second-order valence-corrected chi connectivity index (χ2v) is 5.07. The molecule has 94 valence electrons. The molecule has 1 fully saturated rings. The molecule has 0 unspecified atom stereocenters. The second kappa shape index (κ2) is 6.06. The number of piperidine rings is 1. The third kappa shape index (κ3) is 3.47. The molecular formula is C15H24N2. The Kier molecular flexibility index (Phi) is 4.43. The lowest BCUT2D eigenvalue weighted by Gasteiger charge is -2.23. The normalized spacial score (nSPS) is 17.1. The van der Waals surface area contributed by atoms with Gasteiger partial charge in [-0.25, -0.2) is 0 Å². The highest BCUT2D eigenvalue weighted by Crippen LogP contribution is 2.17. The summed E-state index contributed by atoms with van der Waals surface area (Å²) in [6, 6.07) is 6.74. The van der Waals surface area contributed by atoms with E-state index in [0.29, 0.717) is 0 Å². The van der Waals surface area contributed by atoms with E-state index in [0.717, 1.165) is 18.9 Å². The first-order valence-electron chi connectivity index (χ1n) is 6.83. The molecule has 0 aromatic heterocycles. The first-order valence-corrected chi connectivity index (χ1v) is 6.83. The summed E-state index contributed by atoms with van der Waals surface area (Å²) in [5.41, 5.74) is 4.14. The van der Waals surface area contributed by atoms with Crippen molar-refractivity contribution in [3.05, 3.63) is 29.3 Å². The van der Waals surface area contributed by atoms with Crippen LogP contribution >= 0.6 is 0 Å². The number of aryl methyl sites for hydroxylation is 2. The Bertz CT molecular complexity index is 354. The Hall–Kier alpha value is -1.02. The van der Waals surface area contributed by atoms with Gasteiger partial charge in [0.25, 0.3) is 0 Å². The van der Waals surface area contributed by atoms with Crippen molar-refractivity contribution in [2.45, 2.75) is 33.1 Å². The third-order valence-electron chi connectivity index (χ3n) is 3.78. The van der Waals surface area contributed by atoms with Gasteiger partial charge in [0, 0.05) is 12.2 Å². The quantitative estimate of drug-likeness (QED) is 0.834. The molecule has 1 saturated heterocycles. The van der Waals surface area contributed by atoms with Crippen molar-refractivity contribution in [1.82, 2.24) is 5.32 Å². The number of benzene rings is 1. The molecule has 0 spiro atoms. The van der Waals surface area contributed by atoms with Crippen molar-refractivity contribution in [2.24, 2.45) is 5.92 Å². The van der Waals surface area contributed by atoms with Crippen molar-refractivity contribution in [2.75, 3.05) is 25.0 Å². The Labute approximate surface area is 105 Å². The Morgan fingerprint density at radius 3 is 2.71 bits per heavy atom. The SMILES string of the molecule is CCc1ccc(NCC2CCNCC2)cc1C. The van der Waals surface area contributed by atoms with Gasteiger partial charge >= 0.3 is 0 Å². The third-order valence-corrected chi connectivity index (χ3v) is 3.78. The van der Waals surface area contributed by atoms with E-state index in [1.165, 1.54) is 42.7 Å². The number of rotatable bonds is 4. The fourth-order valence-corrected chi connectivity index (χ4v) is 2.55. The zero-order valence-electron chi connectivity index (χ0n) is 11.1. The van der Waals surface area contributed by atoms with E-state index >= 15 is 0 Å². The van der Waals surface area contributed by atoms with Crippen LogP contribution in [-0.2, 0) is 6.42 Å². The smallest absolute Gasteiger partial charge is 0.0343 e. The van der Waals surface area contributed by atoms with Gasteiger partial charge in [-0.3, -0.25) is 0 Å². The summed E-state index contributed by atoms with van der Waals surface area (Å²) in [5.74, 6) is 0.836. The molecule has 1 aliphatic rings. The molecule has 0 atom stereocenters.